The first-order valence-electron chi connectivity index (χ1n) is 7.63. The first-order chi connectivity index (χ1) is 9.30. The van der Waals surface area contributed by atoms with Crippen molar-refractivity contribution in [3.8, 4) is 0 Å². The van der Waals surface area contributed by atoms with Crippen molar-refractivity contribution in [2.75, 3.05) is 19.6 Å². The van der Waals surface area contributed by atoms with Gasteiger partial charge < -0.3 is 16.0 Å². The molecule has 0 bridgehead atoms. The number of nitrogens with two attached hydrogens (primary N) is 1. The molecule has 5 nitrogen and oxygen atoms in total. The number of hydrogen-bond acceptors (Lipinski definition) is 3. The molecule has 0 aliphatic rings. The molecule has 0 rings (SSSR count). The normalized spacial score (nSPS) is 10.7. The molecule has 3 N–H and O–H groups in total. The Morgan fingerprint density at radius 2 is 1.62 bits per heavy atom. The van der Waals surface area contributed by atoms with Crippen molar-refractivity contribution in [3.63, 3.8) is 0 Å². The number of amides is 2. The van der Waals surface area contributed by atoms with Gasteiger partial charge in [-0.15, -0.1) is 12.4 Å². The number of nitrogens with one attached hydrogen (secondary N) is 1. The zero-order chi connectivity index (χ0) is 15.6. The second-order valence-corrected chi connectivity index (χ2v) is 6.00. The Balaban J connectivity index is 0. The molecule has 0 atom stereocenters. The predicted molar refractivity (Wildman–Crippen MR) is 89.5 cm³/mol. The summed E-state index contributed by atoms with van der Waals surface area (Å²) in [6, 6.07) is 0. The van der Waals surface area contributed by atoms with Crippen LogP contribution in [-0.4, -0.2) is 41.9 Å². The van der Waals surface area contributed by atoms with Crippen LogP contribution in [0.5, 0.6) is 0 Å². The van der Waals surface area contributed by atoms with Crippen LogP contribution in [0.3, 0.4) is 0 Å². The zero-order valence-corrected chi connectivity index (χ0v) is 14.7. The highest BCUT2D eigenvalue weighted by Gasteiger charge is 2.14. The Morgan fingerprint density at radius 1 is 1.10 bits per heavy atom. The fraction of sp³-hybridized carbons (Fsp3) is 0.867. The van der Waals surface area contributed by atoms with Crippen molar-refractivity contribution in [3.05, 3.63) is 0 Å². The van der Waals surface area contributed by atoms with Crippen LogP contribution >= 0.6 is 12.4 Å². The summed E-state index contributed by atoms with van der Waals surface area (Å²) in [5.74, 6) is 0.120. The molecule has 0 saturated carbocycles. The van der Waals surface area contributed by atoms with E-state index in [0.717, 1.165) is 25.9 Å². The lowest BCUT2D eigenvalue weighted by molar-refractivity contribution is -0.131. The molecular weight excluding hydrogens is 290 g/mol. The maximum absolute atomic E-state index is 12.0. The number of rotatable bonds is 10. The van der Waals surface area contributed by atoms with E-state index >= 15 is 0 Å². The molecule has 21 heavy (non-hydrogen) atoms. The average Bonchev–Trinajstić information content (AvgIpc) is 2.35. The molecule has 0 heterocycles. The summed E-state index contributed by atoms with van der Waals surface area (Å²) < 4.78 is 0. The van der Waals surface area contributed by atoms with Gasteiger partial charge in [-0.3, -0.25) is 9.59 Å². The molecule has 6 heteroatoms. The summed E-state index contributed by atoms with van der Waals surface area (Å²) in [5.41, 5.74) is 5.39. The summed E-state index contributed by atoms with van der Waals surface area (Å²) in [6.07, 6.45) is 3.36. The van der Waals surface area contributed by atoms with E-state index in [9.17, 15) is 9.59 Å². The van der Waals surface area contributed by atoms with Gasteiger partial charge in [0.05, 0.1) is 0 Å². The third kappa shape index (κ3) is 12.6. The van der Waals surface area contributed by atoms with Gasteiger partial charge in [0.2, 0.25) is 11.8 Å². The second-order valence-electron chi connectivity index (χ2n) is 6.00. The quantitative estimate of drug-likeness (QED) is 0.647. The molecular formula is C15H32ClN3O2. The van der Waals surface area contributed by atoms with Crippen LogP contribution in [0.15, 0.2) is 0 Å². The third-order valence-corrected chi connectivity index (χ3v) is 2.88. The third-order valence-electron chi connectivity index (χ3n) is 2.88. The van der Waals surface area contributed by atoms with Gasteiger partial charge in [-0.2, -0.15) is 0 Å². The summed E-state index contributed by atoms with van der Waals surface area (Å²) >= 11 is 0. The number of halogens is 1. The maximum Gasteiger partial charge on any atom is 0.222 e. The minimum atomic E-state index is -0.398. The van der Waals surface area contributed by atoms with Gasteiger partial charge in [0, 0.05) is 38.0 Å². The highest BCUT2D eigenvalue weighted by molar-refractivity contribution is 5.85. The number of hydrogen-bond donors (Lipinski definition) is 2. The van der Waals surface area contributed by atoms with Crippen LogP contribution in [-0.2, 0) is 9.59 Å². The number of nitrogens with zero attached hydrogens (tertiary/aromatic N) is 1. The summed E-state index contributed by atoms with van der Waals surface area (Å²) in [4.78, 5) is 25.5. The zero-order valence-electron chi connectivity index (χ0n) is 13.9. The van der Waals surface area contributed by atoms with Crippen LogP contribution < -0.4 is 11.1 Å². The van der Waals surface area contributed by atoms with Crippen molar-refractivity contribution >= 4 is 24.2 Å². The van der Waals surface area contributed by atoms with Crippen LogP contribution in [0.2, 0.25) is 0 Å². The molecule has 0 unspecified atom stereocenters. The maximum atomic E-state index is 12.0. The standard InChI is InChI=1S/C15H31N3O2.ClH/c1-5-10-18(11-6-2)14(20)9-7-8-13(19)17-12-15(3,4)16;/h5-12,16H2,1-4H3,(H,17,19);1H. The lowest BCUT2D eigenvalue weighted by atomic mass is 10.1. The minimum absolute atomic E-state index is 0. The number of carbonyl (C=O) groups is 2. The Kier molecular flexibility index (Phi) is 12.6. The minimum Gasteiger partial charge on any atom is -0.354 e. The van der Waals surface area contributed by atoms with E-state index in [1.807, 2.05) is 18.7 Å². The number of carbonyl (C=O) groups excluding carboxylic acids is 2. The first-order valence-corrected chi connectivity index (χ1v) is 7.63. The summed E-state index contributed by atoms with van der Waals surface area (Å²) in [6.45, 7) is 9.93. The highest BCUT2D eigenvalue weighted by Crippen LogP contribution is 2.04. The highest BCUT2D eigenvalue weighted by atomic mass is 35.5. The molecule has 0 saturated heterocycles. The van der Waals surface area contributed by atoms with E-state index in [-0.39, 0.29) is 24.2 Å². The average molecular weight is 322 g/mol. The van der Waals surface area contributed by atoms with E-state index in [2.05, 4.69) is 19.2 Å². The molecule has 0 aromatic rings. The predicted octanol–water partition coefficient (Wildman–Crippen LogP) is 2.08. The van der Waals surface area contributed by atoms with Crippen molar-refractivity contribution < 1.29 is 9.59 Å². The van der Waals surface area contributed by atoms with Crippen molar-refractivity contribution in [2.24, 2.45) is 5.73 Å². The molecule has 2 amide bonds. The van der Waals surface area contributed by atoms with Gasteiger partial charge in [-0.25, -0.2) is 0 Å². The molecule has 0 aliphatic heterocycles. The molecule has 0 aromatic carbocycles. The van der Waals surface area contributed by atoms with Gasteiger partial charge >= 0.3 is 0 Å². The van der Waals surface area contributed by atoms with Gasteiger partial charge in [0.25, 0.3) is 0 Å². The van der Waals surface area contributed by atoms with E-state index < -0.39 is 5.54 Å². The van der Waals surface area contributed by atoms with Crippen LogP contribution in [0.25, 0.3) is 0 Å². The van der Waals surface area contributed by atoms with Crippen LogP contribution in [0.4, 0.5) is 0 Å². The molecule has 0 radical (unpaired) electrons. The van der Waals surface area contributed by atoms with Gasteiger partial charge in [-0.05, 0) is 33.1 Å². The largest absolute Gasteiger partial charge is 0.354 e. The molecule has 126 valence electrons. The van der Waals surface area contributed by atoms with Crippen LogP contribution in [0.1, 0.15) is 59.8 Å². The van der Waals surface area contributed by atoms with E-state index in [1.54, 1.807) is 0 Å². The van der Waals surface area contributed by atoms with Gasteiger partial charge in [0.15, 0.2) is 0 Å². The molecule has 0 fully saturated rings. The fourth-order valence-electron chi connectivity index (χ4n) is 1.87. The van der Waals surface area contributed by atoms with Gasteiger partial charge in [0.1, 0.15) is 0 Å². The Bertz CT molecular complexity index is 298. The van der Waals surface area contributed by atoms with E-state index in [1.165, 1.54) is 0 Å². The Morgan fingerprint density at radius 3 is 2.05 bits per heavy atom. The van der Waals surface area contributed by atoms with E-state index in [4.69, 9.17) is 5.73 Å². The summed E-state index contributed by atoms with van der Waals surface area (Å²) in [7, 11) is 0. The summed E-state index contributed by atoms with van der Waals surface area (Å²) in [5, 5.41) is 2.79. The van der Waals surface area contributed by atoms with E-state index in [0.29, 0.717) is 25.8 Å². The Hall–Kier alpha value is -0.810. The Labute approximate surface area is 135 Å². The smallest absolute Gasteiger partial charge is 0.222 e. The van der Waals surface area contributed by atoms with Crippen molar-refractivity contribution in [1.82, 2.24) is 10.2 Å². The molecule has 0 spiro atoms. The van der Waals surface area contributed by atoms with Crippen molar-refractivity contribution in [1.29, 1.82) is 0 Å². The van der Waals surface area contributed by atoms with Crippen molar-refractivity contribution in [2.45, 2.75) is 65.3 Å². The molecule has 0 aliphatic carbocycles. The second kappa shape index (κ2) is 11.8. The lowest BCUT2D eigenvalue weighted by Gasteiger charge is -2.21. The topological polar surface area (TPSA) is 75.4 Å². The monoisotopic (exact) mass is 321 g/mol. The first kappa shape index (κ1) is 22.5. The lowest BCUT2D eigenvalue weighted by Crippen LogP contribution is -2.45. The SMILES string of the molecule is CCCN(CCC)C(=O)CCCC(=O)NCC(C)(C)N.Cl. The van der Waals surface area contributed by atoms with Gasteiger partial charge in [-0.1, -0.05) is 13.8 Å². The fourth-order valence-corrected chi connectivity index (χ4v) is 1.87. The van der Waals surface area contributed by atoms with Crippen LogP contribution in [0, 0.1) is 0 Å². The molecule has 0 aromatic heterocycles.